The van der Waals surface area contributed by atoms with E-state index in [-0.39, 0.29) is 18.1 Å². The molecular formula is C16H24N2O3. The summed E-state index contributed by atoms with van der Waals surface area (Å²) in [6, 6.07) is 5.74. The molecule has 0 spiro atoms. The first-order chi connectivity index (χ1) is 9.97. The molecule has 1 fully saturated rings. The van der Waals surface area contributed by atoms with Crippen LogP contribution in [0.5, 0.6) is 5.75 Å². The lowest BCUT2D eigenvalue weighted by molar-refractivity contribution is -0.121. The summed E-state index contributed by atoms with van der Waals surface area (Å²) in [6.07, 6.45) is 0.324. The third kappa shape index (κ3) is 4.44. The molecule has 1 N–H and O–H groups in total. The number of nitrogens with zero attached hydrogens (tertiary/aromatic N) is 1. The Morgan fingerprint density at radius 3 is 2.67 bits per heavy atom. The number of amides is 1. The van der Waals surface area contributed by atoms with E-state index in [1.165, 1.54) is 0 Å². The average molecular weight is 292 g/mol. The first-order valence-electron chi connectivity index (χ1n) is 7.30. The molecule has 0 aromatic heterocycles. The molecule has 5 heteroatoms. The number of methoxy groups -OCH3 is 1. The number of hydrogen-bond donors (Lipinski definition) is 1. The third-order valence-corrected chi connectivity index (χ3v) is 3.49. The molecule has 0 radical (unpaired) electrons. The molecule has 1 heterocycles. The molecule has 5 nitrogen and oxygen atoms in total. The maximum Gasteiger partial charge on any atom is 0.238 e. The highest BCUT2D eigenvalue weighted by Gasteiger charge is 2.23. The van der Waals surface area contributed by atoms with Gasteiger partial charge < -0.3 is 14.8 Å². The SMILES string of the molecule is COc1ccc(C)cc1NC(=O)CN1CC(C)OC(C)C1. The van der Waals surface area contributed by atoms with Crippen LogP contribution in [0.4, 0.5) is 5.69 Å². The van der Waals surface area contributed by atoms with Crippen LogP contribution in [0.25, 0.3) is 0 Å². The summed E-state index contributed by atoms with van der Waals surface area (Å²) in [5.41, 5.74) is 1.80. The summed E-state index contributed by atoms with van der Waals surface area (Å²) < 4.78 is 11.0. The molecule has 1 saturated heterocycles. The maximum atomic E-state index is 12.2. The minimum Gasteiger partial charge on any atom is -0.495 e. The van der Waals surface area contributed by atoms with E-state index in [4.69, 9.17) is 9.47 Å². The van der Waals surface area contributed by atoms with Crippen molar-refractivity contribution in [2.75, 3.05) is 32.1 Å². The van der Waals surface area contributed by atoms with Gasteiger partial charge in [-0.3, -0.25) is 9.69 Å². The van der Waals surface area contributed by atoms with Crippen LogP contribution >= 0.6 is 0 Å². The van der Waals surface area contributed by atoms with Gasteiger partial charge in [-0.15, -0.1) is 0 Å². The van der Waals surface area contributed by atoms with Crippen LogP contribution in [0.1, 0.15) is 19.4 Å². The second-order valence-electron chi connectivity index (χ2n) is 5.70. The summed E-state index contributed by atoms with van der Waals surface area (Å²) >= 11 is 0. The van der Waals surface area contributed by atoms with E-state index in [0.717, 1.165) is 24.3 Å². The molecule has 1 amide bonds. The van der Waals surface area contributed by atoms with Gasteiger partial charge in [0.15, 0.2) is 0 Å². The third-order valence-electron chi connectivity index (χ3n) is 3.49. The first-order valence-corrected chi connectivity index (χ1v) is 7.30. The summed E-state index contributed by atoms with van der Waals surface area (Å²) in [5.74, 6) is 0.651. The smallest absolute Gasteiger partial charge is 0.238 e. The van der Waals surface area contributed by atoms with E-state index in [1.54, 1.807) is 7.11 Å². The van der Waals surface area contributed by atoms with Crippen LogP contribution in [0.3, 0.4) is 0 Å². The number of ether oxygens (including phenoxy) is 2. The fraction of sp³-hybridized carbons (Fsp3) is 0.562. The molecule has 1 aromatic carbocycles. The van der Waals surface area contributed by atoms with E-state index in [1.807, 2.05) is 39.0 Å². The predicted octanol–water partition coefficient (Wildman–Crippen LogP) is 2.05. The zero-order valence-electron chi connectivity index (χ0n) is 13.2. The number of anilines is 1. The summed E-state index contributed by atoms with van der Waals surface area (Å²) in [5, 5.41) is 2.93. The lowest BCUT2D eigenvalue weighted by Crippen LogP contribution is -2.48. The molecule has 21 heavy (non-hydrogen) atoms. The van der Waals surface area contributed by atoms with Gasteiger partial charge in [-0.1, -0.05) is 6.07 Å². The molecule has 1 aliphatic rings. The van der Waals surface area contributed by atoms with Gasteiger partial charge in [-0.25, -0.2) is 0 Å². The van der Waals surface area contributed by atoms with Crippen molar-refractivity contribution in [3.63, 3.8) is 0 Å². The standard InChI is InChI=1S/C16H24N2O3/c1-11-5-6-15(20-4)14(7-11)17-16(19)10-18-8-12(2)21-13(3)9-18/h5-7,12-13H,8-10H2,1-4H3,(H,17,19). The fourth-order valence-corrected chi connectivity index (χ4v) is 2.73. The van der Waals surface area contributed by atoms with Gasteiger partial charge in [-0.05, 0) is 38.5 Å². The molecule has 1 aliphatic heterocycles. The molecule has 0 saturated carbocycles. The fourth-order valence-electron chi connectivity index (χ4n) is 2.73. The summed E-state index contributed by atoms with van der Waals surface area (Å²) in [6.45, 7) is 7.98. The van der Waals surface area contributed by atoms with Gasteiger partial charge in [0.2, 0.25) is 5.91 Å². The monoisotopic (exact) mass is 292 g/mol. The highest BCUT2D eigenvalue weighted by molar-refractivity contribution is 5.93. The number of benzene rings is 1. The number of morpholine rings is 1. The minimum absolute atomic E-state index is 0.0276. The summed E-state index contributed by atoms with van der Waals surface area (Å²) in [4.78, 5) is 14.3. The van der Waals surface area contributed by atoms with Crippen molar-refractivity contribution in [2.24, 2.45) is 0 Å². The van der Waals surface area contributed by atoms with Crippen molar-refractivity contribution >= 4 is 11.6 Å². The lowest BCUT2D eigenvalue weighted by Gasteiger charge is -2.34. The Balaban J connectivity index is 1.97. The van der Waals surface area contributed by atoms with Crippen LogP contribution in [-0.2, 0) is 9.53 Å². The Labute approximate surface area is 126 Å². The summed E-state index contributed by atoms with van der Waals surface area (Å²) in [7, 11) is 1.60. The van der Waals surface area contributed by atoms with Crippen LogP contribution in [0.15, 0.2) is 18.2 Å². The highest BCUT2D eigenvalue weighted by Crippen LogP contribution is 2.25. The van der Waals surface area contributed by atoms with E-state index < -0.39 is 0 Å². The van der Waals surface area contributed by atoms with Gasteiger partial charge in [0.1, 0.15) is 5.75 Å². The highest BCUT2D eigenvalue weighted by atomic mass is 16.5. The predicted molar refractivity (Wildman–Crippen MR) is 82.8 cm³/mol. The van der Waals surface area contributed by atoms with Crippen molar-refractivity contribution in [3.8, 4) is 5.75 Å². The van der Waals surface area contributed by atoms with Gasteiger partial charge in [0.25, 0.3) is 0 Å². The minimum atomic E-state index is -0.0276. The molecule has 1 aromatic rings. The van der Waals surface area contributed by atoms with E-state index in [2.05, 4.69) is 10.2 Å². The second kappa shape index (κ2) is 6.91. The van der Waals surface area contributed by atoms with Crippen molar-refractivity contribution in [3.05, 3.63) is 23.8 Å². The van der Waals surface area contributed by atoms with Gasteiger partial charge in [-0.2, -0.15) is 0 Å². The van der Waals surface area contributed by atoms with Gasteiger partial charge >= 0.3 is 0 Å². The van der Waals surface area contributed by atoms with Gasteiger partial charge in [0.05, 0.1) is 31.5 Å². The van der Waals surface area contributed by atoms with Crippen LogP contribution < -0.4 is 10.1 Å². The maximum absolute atomic E-state index is 12.2. The molecule has 2 rings (SSSR count). The van der Waals surface area contributed by atoms with E-state index in [0.29, 0.717) is 12.3 Å². The molecule has 116 valence electrons. The number of carbonyl (C=O) groups is 1. The van der Waals surface area contributed by atoms with Crippen LogP contribution in [-0.4, -0.2) is 49.8 Å². The largest absolute Gasteiger partial charge is 0.495 e. The quantitative estimate of drug-likeness (QED) is 0.923. The molecule has 2 unspecified atom stereocenters. The molecule has 2 atom stereocenters. The Morgan fingerprint density at radius 2 is 2.05 bits per heavy atom. The number of carbonyl (C=O) groups excluding carboxylic acids is 1. The average Bonchev–Trinajstić information content (AvgIpc) is 2.37. The van der Waals surface area contributed by atoms with Crippen molar-refractivity contribution < 1.29 is 14.3 Å². The topological polar surface area (TPSA) is 50.8 Å². The van der Waals surface area contributed by atoms with E-state index in [9.17, 15) is 4.79 Å². The lowest BCUT2D eigenvalue weighted by atomic mass is 10.2. The van der Waals surface area contributed by atoms with Crippen molar-refractivity contribution in [1.29, 1.82) is 0 Å². The Kier molecular flexibility index (Phi) is 5.20. The Morgan fingerprint density at radius 1 is 1.38 bits per heavy atom. The number of rotatable bonds is 4. The second-order valence-corrected chi connectivity index (χ2v) is 5.70. The van der Waals surface area contributed by atoms with Crippen molar-refractivity contribution in [1.82, 2.24) is 4.90 Å². The number of aryl methyl sites for hydroxylation is 1. The number of nitrogens with one attached hydrogen (secondary N) is 1. The Hall–Kier alpha value is -1.59. The first kappa shape index (κ1) is 15.8. The zero-order chi connectivity index (χ0) is 15.4. The van der Waals surface area contributed by atoms with Crippen molar-refractivity contribution in [2.45, 2.75) is 33.0 Å². The van der Waals surface area contributed by atoms with Crippen LogP contribution in [0, 0.1) is 6.92 Å². The zero-order valence-corrected chi connectivity index (χ0v) is 13.2. The molecule has 0 bridgehead atoms. The molecule has 0 aliphatic carbocycles. The molecular weight excluding hydrogens is 268 g/mol. The Bertz CT molecular complexity index is 494. The van der Waals surface area contributed by atoms with Crippen LogP contribution in [0.2, 0.25) is 0 Å². The normalized spacial score (nSPS) is 22.9. The number of hydrogen-bond acceptors (Lipinski definition) is 4. The van der Waals surface area contributed by atoms with E-state index >= 15 is 0 Å². The van der Waals surface area contributed by atoms with Gasteiger partial charge in [0, 0.05) is 13.1 Å².